The summed E-state index contributed by atoms with van der Waals surface area (Å²) in [6, 6.07) is 3.47. The largest absolute Gasteiger partial charge is 0.488 e. The number of aryl methyl sites for hydroxylation is 1. The average molecular weight is 237 g/mol. The number of aromatic nitrogens is 1. The summed E-state index contributed by atoms with van der Waals surface area (Å²) in [5.74, 6) is 0.479. The highest BCUT2D eigenvalue weighted by Crippen LogP contribution is 2.20. The van der Waals surface area contributed by atoms with Crippen LogP contribution >= 0.6 is 0 Å². The van der Waals surface area contributed by atoms with Crippen molar-refractivity contribution in [3.63, 3.8) is 0 Å². The van der Waals surface area contributed by atoms with Gasteiger partial charge in [-0.3, -0.25) is 4.79 Å². The zero-order valence-electron chi connectivity index (χ0n) is 10.7. The predicted octanol–water partition coefficient (Wildman–Crippen LogP) is 1.99. The molecule has 1 heterocycles. The van der Waals surface area contributed by atoms with Crippen molar-refractivity contribution >= 4 is 6.29 Å². The number of hydrogen-bond donors (Lipinski definition) is 1. The van der Waals surface area contributed by atoms with E-state index in [1.807, 2.05) is 13.8 Å². The molecule has 1 rings (SSSR count). The van der Waals surface area contributed by atoms with Gasteiger partial charge < -0.3 is 9.84 Å². The Labute approximate surface area is 102 Å². The zero-order chi connectivity index (χ0) is 13.1. The van der Waals surface area contributed by atoms with Crippen LogP contribution < -0.4 is 4.74 Å². The summed E-state index contributed by atoms with van der Waals surface area (Å²) in [4.78, 5) is 14.9. The number of ether oxygens (including phenoxy) is 1. The predicted molar refractivity (Wildman–Crippen MR) is 65.3 cm³/mol. The minimum Gasteiger partial charge on any atom is -0.488 e. The Morgan fingerprint density at radius 1 is 1.53 bits per heavy atom. The summed E-state index contributed by atoms with van der Waals surface area (Å²) in [5.41, 5.74) is 0.102. The fourth-order valence-electron chi connectivity index (χ4n) is 1.16. The average Bonchev–Trinajstić information content (AvgIpc) is 2.27. The van der Waals surface area contributed by atoms with Crippen molar-refractivity contribution in [3.8, 4) is 5.75 Å². The normalized spacial score (nSPS) is 14.5. The SMILES string of the molecule is Cc1ccc(OCC(C)(O)C(C)C)c(C=O)n1. The van der Waals surface area contributed by atoms with E-state index in [4.69, 9.17) is 4.74 Å². The molecule has 4 heteroatoms. The summed E-state index contributed by atoms with van der Waals surface area (Å²) >= 11 is 0. The zero-order valence-corrected chi connectivity index (χ0v) is 10.7. The van der Waals surface area contributed by atoms with Crippen LogP contribution in [0.4, 0.5) is 0 Å². The minimum absolute atomic E-state index is 0.0700. The van der Waals surface area contributed by atoms with Gasteiger partial charge in [-0.1, -0.05) is 13.8 Å². The van der Waals surface area contributed by atoms with E-state index in [2.05, 4.69) is 4.98 Å². The molecule has 1 N–H and O–H groups in total. The van der Waals surface area contributed by atoms with E-state index in [1.165, 1.54) is 0 Å². The lowest BCUT2D eigenvalue weighted by Crippen LogP contribution is -2.38. The molecule has 1 unspecified atom stereocenters. The smallest absolute Gasteiger partial charge is 0.172 e. The molecule has 0 aliphatic rings. The number of pyridine rings is 1. The molecule has 0 spiro atoms. The molecule has 0 radical (unpaired) electrons. The molecule has 94 valence electrons. The van der Waals surface area contributed by atoms with Crippen LogP contribution in [0.1, 0.15) is 37.0 Å². The Morgan fingerprint density at radius 3 is 2.71 bits per heavy atom. The number of carbonyl (C=O) groups is 1. The van der Waals surface area contributed by atoms with E-state index in [0.29, 0.717) is 12.0 Å². The molecule has 0 aromatic carbocycles. The molecule has 1 aromatic heterocycles. The molecule has 0 fully saturated rings. The molecular formula is C13H19NO3. The van der Waals surface area contributed by atoms with Crippen molar-refractivity contribution < 1.29 is 14.6 Å². The lowest BCUT2D eigenvalue weighted by molar-refractivity contribution is -0.0268. The second-order valence-corrected chi connectivity index (χ2v) is 4.75. The van der Waals surface area contributed by atoms with Crippen LogP contribution in [0.3, 0.4) is 0 Å². The van der Waals surface area contributed by atoms with Crippen molar-refractivity contribution in [1.29, 1.82) is 0 Å². The van der Waals surface area contributed by atoms with Gasteiger partial charge >= 0.3 is 0 Å². The van der Waals surface area contributed by atoms with Crippen molar-refractivity contribution in [1.82, 2.24) is 4.98 Å². The standard InChI is InChI=1S/C13H19NO3/c1-9(2)13(4,16)8-17-12-6-5-10(3)14-11(12)7-15/h5-7,9,16H,8H2,1-4H3. The van der Waals surface area contributed by atoms with Crippen LogP contribution in [0.2, 0.25) is 0 Å². The quantitative estimate of drug-likeness (QED) is 0.796. The third kappa shape index (κ3) is 3.53. The lowest BCUT2D eigenvalue weighted by atomic mass is 9.94. The van der Waals surface area contributed by atoms with Crippen molar-refractivity contribution in [2.75, 3.05) is 6.61 Å². The van der Waals surface area contributed by atoms with E-state index in [0.717, 1.165) is 5.69 Å². The molecule has 0 aliphatic heterocycles. The molecule has 0 saturated heterocycles. The van der Waals surface area contributed by atoms with Crippen LogP contribution in [0.15, 0.2) is 12.1 Å². The van der Waals surface area contributed by atoms with Gasteiger partial charge in [0.15, 0.2) is 6.29 Å². The number of nitrogens with zero attached hydrogens (tertiary/aromatic N) is 1. The third-order valence-corrected chi connectivity index (χ3v) is 2.90. The fourth-order valence-corrected chi connectivity index (χ4v) is 1.16. The molecule has 0 amide bonds. The summed E-state index contributed by atoms with van der Waals surface area (Å²) in [6.07, 6.45) is 0.659. The highest BCUT2D eigenvalue weighted by Gasteiger charge is 2.26. The molecule has 4 nitrogen and oxygen atoms in total. The maximum absolute atomic E-state index is 10.8. The lowest BCUT2D eigenvalue weighted by Gasteiger charge is -2.27. The van der Waals surface area contributed by atoms with Crippen LogP contribution in [0.5, 0.6) is 5.75 Å². The summed E-state index contributed by atoms with van der Waals surface area (Å²) in [5, 5.41) is 10.0. The van der Waals surface area contributed by atoms with Crippen LogP contribution in [0, 0.1) is 12.8 Å². The number of aliphatic hydroxyl groups is 1. The first-order chi connectivity index (χ1) is 7.86. The van der Waals surface area contributed by atoms with E-state index >= 15 is 0 Å². The Kier molecular flexibility index (Phi) is 4.23. The van der Waals surface area contributed by atoms with E-state index in [9.17, 15) is 9.90 Å². The first-order valence-corrected chi connectivity index (χ1v) is 5.65. The fraction of sp³-hybridized carbons (Fsp3) is 0.538. The Balaban J connectivity index is 2.79. The van der Waals surface area contributed by atoms with Crippen molar-refractivity contribution in [2.45, 2.75) is 33.3 Å². The summed E-state index contributed by atoms with van der Waals surface area (Å²) in [7, 11) is 0. The highest BCUT2D eigenvalue weighted by atomic mass is 16.5. The van der Waals surface area contributed by atoms with Gasteiger partial charge in [-0.25, -0.2) is 4.98 Å². The van der Waals surface area contributed by atoms with E-state index < -0.39 is 5.60 Å². The maximum atomic E-state index is 10.8. The van der Waals surface area contributed by atoms with Gasteiger partial charge in [-0.15, -0.1) is 0 Å². The highest BCUT2D eigenvalue weighted by molar-refractivity contribution is 5.76. The monoisotopic (exact) mass is 237 g/mol. The topological polar surface area (TPSA) is 59.4 Å². The van der Waals surface area contributed by atoms with E-state index in [1.54, 1.807) is 26.0 Å². The molecule has 0 aliphatic carbocycles. The van der Waals surface area contributed by atoms with Gasteiger partial charge in [0.25, 0.3) is 0 Å². The van der Waals surface area contributed by atoms with Crippen molar-refractivity contribution in [3.05, 3.63) is 23.5 Å². The van der Waals surface area contributed by atoms with Crippen LogP contribution in [0.25, 0.3) is 0 Å². The van der Waals surface area contributed by atoms with E-state index in [-0.39, 0.29) is 18.2 Å². The number of aldehydes is 1. The molecule has 1 aromatic rings. The van der Waals surface area contributed by atoms with Crippen LogP contribution in [-0.2, 0) is 0 Å². The molecule has 0 saturated carbocycles. The minimum atomic E-state index is -0.926. The van der Waals surface area contributed by atoms with Crippen LogP contribution in [-0.4, -0.2) is 28.6 Å². The second kappa shape index (κ2) is 5.27. The van der Waals surface area contributed by atoms with Gasteiger partial charge in [-0.2, -0.15) is 0 Å². The second-order valence-electron chi connectivity index (χ2n) is 4.75. The Morgan fingerprint density at radius 2 is 2.18 bits per heavy atom. The van der Waals surface area contributed by atoms with Gasteiger partial charge in [0.05, 0.1) is 5.60 Å². The summed E-state index contributed by atoms with van der Waals surface area (Å²) in [6.45, 7) is 7.48. The molecule has 17 heavy (non-hydrogen) atoms. The van der Waals surface area contributed by atoms with Gasteiger partial charge in [0.1, 0.15) is 18.1 Å². The number of rotatable bonds is 5. The Hall–Kier alpha value is -1.42. The number of carbonyl (C=O) groups excluding carboxylic acids is 1. The molecular weight excluding hydrogens is 218 g/mol. The maximum Gasteiger partial charge on any atom is 0.172 e. The number of hydrogen-bond acceptors (Lipinski definition) is 4. The van der Waals surface area contributed by atoms with Gasteiger partial charge in [0, 0.05) is 5.69 Å². The van der Waals surface area contributed by atoms with Crippen molar-refractivity contribution in [2.24, 2.45) is 5.92 Å². The molecule has 1 atom stereocenters. The van der Waals surface area contributed by atoms with Gasteiger partial charge in [0.2, 0.25) is 0 Å². The summed E-state index contributed by atoms with van der Waals surface area (Å²) < 4.78 is 5.47. The Bertz CT molecular complexity index is 400. The first kappa shape index (κ1) is 13.6. The first-order valence-electron chi connectivity index (χ1n) is 5.65. The van der Waals surface area contributed by atoms with Gasteiger partial charge in [-0.05, 0) is 31.9 Å². The third-order valence-electron chi connectivity index (χ3n) is 2.90. The molecule has 0 bridgehead atoms.